The summed E-state index contributed by atoms with van der Waals surface area (Å²) in [4.78, 5) is 11.9. The second-order valence-corrected chi connectivity index (χ2v) is 9.79. The summed E-state index contributed by atoms with van der Waals surface area (Å²) in [5.41, 5.74) is 4.68. The average molecular weight is 448 g/mol. The molecule has 2 aromatic carbocycles. The molecule has 2 N–H and O–H groups in total. The molecule has 2 aromatic heterocycles. The Bertz CT molecular complexity index is 1360. The summed E-state index contributed by atoms with van der Waals surface area (Å²) in [5.74, 6) is -0.547. The number of aromatic amines is 1. The molecule has 1 aliphatic carbocycles. The lowest BCUT2D eigenvalue weighted by Crippen LogP contribution is -2.40. The summed E-state index contributed by atoms with van der Waals surface area (Å²) in [6, 6.07) is 10.9. The molecule has 170 valence electrons. The van der Waals surface area contributed by atoms with Gasteiger partial charge in [0.25, 0.3) is 0 Å². The maximum atomic E-state index is 13.8. The molecule has 33 heavy (non-hydrogen) atoms. The minimum Gasteiger partial charge on any atom is -0.481 e. The number of rotatable bonds is 4. The Labute approximate surface area is 190 Å². The van der Waals surface area contributed by atoms with Crippen LogP contribution in [0, 0.1) is 11.2 Å². The number of hydrogen-bond acceptors (Lipinski definition) is 3. The van der Waals surface area contributed by atoms with E-state index in [0.717, 1.165) is 40.3 Å². The lowest BCUT2D eigenvalue weighted by atomic mass is 9.60. The molecule has 1 saturated heterocycles. The van der Waals surface area contributed by atoms with Crippen LogP contribution in [0.1, 0.15) is 55.7 Å². The van der Waals surface area contributed by atoms with E-state index in [1.165, 1.54) is 23.4 Å². The van der Waals surface area contributed by atoms with Crippen molar-refractivity contribution in [2.45, 2.75) is 44.4 Å². The number of nitrogens with one attached hydrogen (secondary N) is 1. The van der Waals surface area contributed by atoms with Crippen LogP contribution in [0.15, 0.2) is 42.6 Å². The fourth-order valence-corrected chi connectivity index (χ4v) is 5.85. The monoisotopic (exact) mass is 447 g/mol. The molecule has 0 unspecified atom stereocenters. The van der Waals surface area contributed by atoms with E-state index in [1.54, 1.807) is 0 Å². The van der Waals surface area contributed by atoms with Crippen molar-refractivity contribution in [2.24, 2.45) is 5.41 Å². The van der Waals surface area contributed by atoms with Gasteiger partial charge in [-0.2, -0.15) is 5.10 Å². The van der Waals surface area contributed by atoms with Crippen molar-refractivity contribution in [3.63, 3.8) is 0 Å². The van der Waals surface area contributed by atoms with Gasteiger partial charge >= 0.3 is 5.97 Å². The summed E-state index contributed by atoms with van der Waals surface area (Å²) >= 11 is 0. The molecule has 0 radical (unpaired) electrons. The molecule has 0 bridgehead atoms. The van der Waals surface area contributed by atoms with Crippen LogP contribution < -0.4 is 0 Å². The molecule has 1 aliphatic heterocycles. The van der Waals surface area contributed by atoms with Crippen LogP contribution in [0.4, 0.5) is 4.39 Å². The van der Waals surface area contributed by atoms with Crippen molar-refractivity contribution in [1.29, 1.82) is 0 Å². The smallest absolute Gasteiger partial charge is 0.309 e. The molecule has 2 aliphatic rings. The quantitative estimate of drug-likeness (QED) is 0.432. The van der Waals surface area contributed by atoms with Gasteiger partial charge in [0.15, 0.2) is 0 Å². The number of H-pyrrole nitrogens is 1. The van der Waals surface area contributed by atoms with Crippen LogP contribution in [0.2, 0.25) is 0 Å². The molecule has 7 heteroatoms. The van der Waals surface area contributed by atoms with E-state index in [1.807, 2.05) is 25.3 Å². The number of halogens is 1. The van der Waals surface area contributed by atoms with Crippen molar-refractivity contribution in [3.05, 3.63) is 59.7 Å². The molecular weight excluding hydrogens is 421 g/mol. The molecular formula is C26H26FN3O3. The number of fused-ring (bicyclic) bond motifs is 2. The second kappa shape index (κ2) is 7.42. The van der Waals surface area contributed by atoms with Crippen LogP contribution in [0.25, 0.3) is 27.5 Å². The molecule has 6 nitrogen and oxygen atoms in total. The third kappa shape index (κ3) is 3.17. The molecule has 3 heterocycles. The third-order valence-electron chi connectivity index (χ3n) is 7.62. The number of carboxylic acids is 1. The van der Waals surface area contributed by atoms with E-state index in [0.29, 0.717) is 32.0 Å². The predicted molar refractivity (Wildman–Crippen MR) is 123 cm³/mol. The van der Waals surface area contributed by atoms with Crippen LogP contribution >= 0.6 is 0 Å². The van der Waals surface area contributed by atoms with E-state index in [4.69, 9.17) is 4.74 Å². The van der Waals surface area contributed by atoms with Gasteiger partial charge in [0.05, 0.1) is 22.6 Å². The number of aliphatic carboxylic acids is 1. The second-order valence-electron chi connectivity index (χ2n) is 9.79. The molecule has 4 aromatic rings. The van der Waals surface area contributed by atoms with Gasteiger partial charge in [0.1, 0.15) is 5.82 Å². The Hall–Kier alpha value is -3.19. The highest BCUT2D eigenvalue weighted by Gasteiger charge is 2.49. The first-order chi connectivity index (χ1) is 15.9. The van der Waals surface area contributed by atoms with Crippen LogP contribution in [0.3, 0.4) is 0 Å². The molecule has 0 spiro atoms. The number of ether oxygens (including phenoxy) is 1. The Balaban J connectivity index is 1.64. The third-order valence-corrected chi connectivity index (χ3v) is 7.62. The average Bonchev–Trinajstić information content (AvgIpc) is 3.38. The number of hydrogen-bond donors (Lipinski definition) is 2. The summed E-state index contributed by atoms with van der Waals surface area (Å²) in [6.07, 6.45) is 4.86. The van der Waals surface area contributed by atoms with Crippen molar-refractivity contribution in [2.75, 3.05) is 13.2 Å². The maximum absolute atomic E-state index is 13.8. The standard InChI is InChI=1S/C26H26FN3O3/c1-26(25(31)32)12-17(13-26)23-20-11-21-16(14-28-29-21)10-22(20)30(19-4-2-18(27)3-5-19)24(23)15-6-8-33-9-7-15/h2-5,10-11,14-15,17H,6-9,12-13H2,1H3,(H,28,29)(H,31,32)/t17-,26-. The van der Waals surface area contributed by atoms with Gasteiger partial charge in [0.2, 0.25) is 0 Å². The van der Waals surface area contributed by atoms with E-state index in [-0.39, 0.29) is 11.7 Å². The Kier molecular flexibility index (Phi) is 4.59. The van der Waals surface area contributed by atoms with E-state index < -0.39 is 11.4 Å². The largest absolute Gasteiger partial charge is 0.481 e. The summed E-state index contributed by atoms with van der Waals surface area (Å²) in [6.45, 7) is 3.25. The summed E-state index contributed by atoms with van der Waals surface area (Å²) < 4.78 is 21.7. The molecule has 0 amide bonds. The fraction of sp³-hybridized carbons (Fsp3) is 0.385. The minimum atomic E-state index is -0.732. The van der Waals surface area contributed by atoms with Gasteiger partial charge < -0.3 is 14.4 Å². The zero-order valence-corrected chi connectivity index (χ0v) is 18.5. The van der Waals surface area contributed by atoms with Gasteiger partial charge in [-0.05, 0) is 80.5 Å². The predicted octanol–water partition coefficient (Wildman–Crippen LogP) is 5.51. The van der Waals surface area contributed by atoms with Crippen molar-refractivity contribution in [1.82, 2.24) is 14.8 Å². The number of carboxylic acid groups (broad SMARTS) is 1. The van der Waals surface area contributed by atoms with Crippen LogP contribution in [-0.4, -0.2) is 39.1 Å². The Morgan fingerprint density at radius 2 is 1.91 bits per heavy atom. The number of nitrogens with zero attached hydrogens (tertiary/aromatic N) is 2. The molecule has 0 atom stereocenters. The van der Waals surface area contributed by atoms with Crippen molar-refractivity contribution >= 4 is 27.8 Å². The number of benzene rings is 2. The summed E-state index contributed by atoms with van der Waals surface area (Å²) in [7, 11) is 0. The van der Waals surface area contributed by atoms with E-state index >= 15 is 0 Å². The fourth-order valence-electron chi connectivity index (χ4n) is 5.85. The zero-order chi connectivity index (χ0) is 22.7. The first-order valence-corrected chi connectivity index (χ1v) is 11.5. The molecule has 6 rings (SSSR count). The van der Waals surface area contributed by atoms with Gasteiger partial charge in [-0.15, -0.1) is 0 Å². The molecule has 1 saturated carbocycles. The first kappa shape index (κ1) is 20.4. The highest BCUT2D eigenvalue weighted by Crippen LogP contribution is 2.55. The maximum Gasteiger partial charge on any atom is 0.309 e. The van der Waals surface area contributed by atoms with Gasteiger partial charge in [-0.25, -0.2) is 4.39 Å². The number of aromatic nitrogens is 3. The van der Waals surface area contributed by atoms with E-state index in [2.05, 4.69) is 26.9 Å². The Morgan fingerprint density at radius 1 is 1.18 bits per heavy atom. The lowest BCUT2D eigenvalue weighted by Gasteiger charge is -2.43. The van der Waals surface area contributed by atoms with Gasteiger partial charge in [-0.1, -0.05) is 0 Å². The zero-order valence-electron chi connectivity index (χ0n) is 18.5. The first-order valence-electron chi connectivity index (χ1n) is 11.5. The summed E-state index contributed by atoms with van der Waals surface area (Å²) in [5, 5.41) is 19.2. The highest BCUT2D eigenvalue weighted by molar-refractivity contribution is 5.99. The topological polar surface area (TPSA) is 80.1 Å². The minimum absolute atomic E-state index is 0.161. The van der Waals surface area contributed by atoms with Gasteiger partial charge in [-0.3, -0.25) is 9.89 Å². The SMILES string of the molecule is C[C@]1(C(=O)O)C[C@H](c2c(C3CCOCC3)n(-c3ccc(F)cc3)c3cc4cn[nH]c4cc32)C1. The number of carbonyl (C=O) groups is 1. The van der Waals surface area contributed by atoms with Crippen LogP contribution in [0.5, 0.6) is 0 Å². The Morgan fingerprint density at radius 3 is 2.61 bits per heavy atom. The normalized spacial score (nSPS) is 23.8. The van der Waals surface area contributed by atoms with E-state index in [9.17, 15) is 14.3 Å². The van der Waals surface area contributed by atoms with Gasteiger partial charge in [0, 0.05) is 41.3 Å². The van der Waals surface area contributed by atoms with Crippen LogP contribution in [-0.2, 0) is 9.53 Å². The lowest BCUT2D eigenvalue weighted by molar-refractivity contribution is -0.154. The van der Waals surface area contributed by atoms with Crippen molar-refractivity contribution in [3.8, 4) is 5.69 Å². The highest BCUT2D eigenvalue weighted by atomic mass is 19.1. The van der Waals surface area contributed by atoms with Crippen molar-refractivity contribution < 1.29 is 19.0 Å². The molecule has 2 fully saturated rings.